The molecule has 0 radical (unpaired) electrons. The summed E-state index contributed by atoms with van der Waals surface area (Å²) in [5.74, 6) is -4.09. The molecule has 1 unspecified atom stereocenters. The van der Waals surface area contributed by atoms with E-state index in [1.54, 1.807) is 0 Å². The van der Waals surface area contributed by atoms with Crippen LogP contribution in [0.5, 0.6) is 0 Å². The molecule has 0 aliphatic rings. The lowest BCUT2D eigenvalue weighted by molar-refractivity contribution is -0.147. The normalized spacial score (nSPS) is 12.5. The van der Waals surface area contributed by atoms with Crippen LogP contribution in [0, 0.1) is 11.6 Å². The van der Waals surface area contributed by atoms with Crippen molar-refractivity contribution in [1.82, 2.24) is 4.98 Å². The summed E-state index contributed by atoms with van der Waals surface area (Å²) >= 11 is 0. The highest BCUT2D eigenvalue weighted by molar-refractivity contribution is 5.74. The lowest BCUT2D eigenvalue weighted by Crippen LogP contribution is -2.14. The third-order valence-electron chi connectivity index (χ3n) is 1.40. The molecule has 0 spiro atoms. The number of hydrogen-bond acceptors (Lipinski definition) is 3. The highest BCUT2D eigenvalue weighted by atomic mass is 19.1. The van der Waals surface area contributed by atoms with E-state index in [4.69, 9.17) is 10.2 Å². The number of aliphatic hydroxyl groups is 1. The first-order valence-corrected chi connectivity index (χ1v) is 3.23. The molecule has 0 aliphatic heterocycles. The van der Waals surface area contributed by atoms with Crippen molar-refractivity contribution in [3.8, 4) is 0 Å². The minimum Gasteiger partial charge on any atom is -0.479 e. The number of carbonyl (C=O) groups is 1. The van der Waals surface area contributed by atoms with E-state index >= 15 is 0 Å². The number of aromatic nitrogens is 1. The second-order valence-corrected chi connectivity index (χ2v) is 2.26. The van der Waals surface area contributed by atoms with Crippen LogP contribution < -0.4 is 0 Å². The molecular weight excluding hydrogens is 184 g/mol. The van der Waals surface area contributed by atoms with Gasteiger partial charge >= 0.3 is 5.97 Å². The number of halogens is 2. The number of nitrogens with zero attached hydrogens (tertiary/aromatic N) is 1. The molecular formula is C7H5F2NO3. The van der Waals surface area contributed by atoms with Gasteiger partial charge in [-0.1, -0.05) is 0 Å². The number of rotatable bonds is 2. The first-order valence-electron chi connectivity index (χ1n) is 3.23. The van der Waals surface area contributed by atoms with Gasteiger partial charge in [0, 0.05) is 0 Å². The van der Waals surface area contributed by atoms with Crippen LogP contribution in [-0.2, 0) is 4.79 Å². The smallest absolute Gasteiger partial charge is 0.337 e. The Hall–Kier alpha value is -1.56. The van der Waals surface area contributed by atoms with Crippen LogP contribution in [0.4, 0.5) is 8.78 Å². The Kier molecular flexibility index (Phi) is 2.52. The predicted octanol–water partition coefficient (Wildman–Crippen LogP) is 0.478. The molecule has 0 saturated carbocycles. The van der Waals surface area contributed by atoms with Crippen molar-refractivity contribution < 1.29 is 23.8 Å². The Labute approximate surface area is 71.5 Å². The Bertz CT molecular complexity index is 322. The van der Waals surface area contributed by atoms with Crippen molar-refractivity contribution in [2.75, 3.05) is 0 Å². The van der Waals surface area contributed by atoms with E-state index in [0.717, 1.165) is 0 Å². The predicted molar refractivity (Wildman–Crippen MR) is 36.7 cm³/mol. The second kappa shape index (κ2) is 3.44. The number of aliphatic hydroxyl groups excluding tert-OH is 1. The molecule has 0 bridgehead atoms. The van der Waals surface area contributed by atoms with Crippen LogP contribution in [0.3, 0.4) is 0 Å². The minimum absolute atomic E-state index is 0.630. The molecule has 13 heavy (non-hydrogen) atoms. The average Bonchev–Trinajstić information content (AvgIpc) is 2.03. The molecule has 0 aliphatic carbocycles. The zero-order chi connectivity index (χ0) is 10.0. The molecule has 0 aromatic carbocycles. The fraction of sp³-hybridized carbons (Fsp3) is 0.143. The molecule has 2 N–H and O–H groups in total. The summed E-state index contributed by atoms with van der Waals surface area (Å²) in [6.45, 7) is 0. The Morgan fingerprint density at radius 1 is 1.38 bits per heavy atom. The van der Waals surface area contributed by atoms with Crippen molar-refractivity contribution in [3.63, 3.8) is 0 Å². The van der Waals surface area contributed by atoms with Gasteiger partial charge in [-0.05, 0) is 0 Å². The summed E-state index contributed by atoms with van der Waals surface area (Å²) in [5, 5.41) is 17.1. The number of pyridine rings is 1. The fourth-order valence-corrected chi connectivity index (χ4v) is 0.806. The van der Waals surface area contributed by atoms with E-state index in [9.17, 15) is 13.6 Å². The maximum atomic E-state index is 12.7. The zero-order valence-corrected chi connectivity index (χ0v) is 6.24. The first-order chi connectivity index (χ1) is 6.04. The molecule has 4 nitrogen and oxygen atoms in total. The quantitative estimate of drug-likeness (QED) is 0.709. The SMILES string of the molecule is O=C(O)C(O)c1c(F)cncc1F. The van der Waals surface area contributed by atoms with Crippen LogP contribution in [0.25, 0.3) is 0 Å². The van der Waals surface area contributed by atoms with E-state index in [1.807, 2.05) is 0 Å². The molecule has 1 aromatic rings. The fourth-order valence-electron chi connectivity index (χ4n) is 0.806. The van der Waals surface area contributed by atoms with Crippen LogP contribution in [0.1, 0.15) is 11.7 Å². The molecule has 0 amide bonds. The van der Waals surface area contributed by atoms with Crippen molar-refractivity contribution in [1.29, 1.82) is 0 Å². The van der Waals surface area contributed by atoms with Crippen LogP contribution in [0.2, 0.25) is 0 Å². The summed E-state index contributed by atoms with van der Waals surface area (Å²) in [6, 6.07) is 0. The molecule has 1 atom stereocenters. The maximum Gasteiger partial charge on any atom is 0.337 e. The minimum atomic E-state index is -2.21. The third kappa shape index (κ3) is 1.78. The lowest BCUT2D eigenvalue weighted by Gasteiger charge is -2.06. The third-order valence-corrected chi connectivity index (χ3v) is 1.40. The van der Waals surface area contributed by atoms with Crippen molar-refractivity contribution in [2.45, 2.75) is 6.10 Å². The monoisotopic (exact) mass is 189 g/mol. The van der Waals surface area contributed by atoms with E-state index in [0.29, 0.717) is 12.4 Å². The van der Waals surface area contributed by atoms with Crippen molar-refractivity contribution >= 4 is 5.97 Å². The van der Waals surface area contributed by atoms with Gasteiger partial charge in [-0.2, -0.15) is 0 Å². The average molecular weight is 189 g/mol. The first kappa shape index (κ1) is 9.53. The van der Waals surface area contributed by atoms with Crippen molar-refractivity contribution in [2.24, 2.45) is 0 Å². The van der Waals surface area contributed by atoms with E-state index < -0.39 is 29.3 Å². The van der Waals surface area contributed by atoms with Gasteiger partial charge in [-0.15, -0.1) is 0 Å². The molecule has 6 heteroatoms. The van der Waals surface area contributed by atoms with Gasteiger partial charge in [-0.3, -0.25) is 4.98 Å². The van der Waals surface area contributed by atoms with E-state index in [2.05, 4.69) is 4.98 Å². The lowest BCUT2D eigenvalue weighted by atomic mass is 10.1. The number of carboxylic acids is 1. The molecule has 70 valence electrons. The van der Waals surface area contributed by atoms with Crippen molar-refractivity contribution in [3.05, 3.63) is 29.6 Å². The second-order valence-electron chi connectivity index (χ2n) is 2.26. The van der Waals surface area contributed by atoms with E-state index in [-0.39, 0.29) is 0 Å². The molecule has 1 rings (SSSR count). The molecule has 0 fully saturated rings. The standard InChI is InChI=1S/C7H5F2NO3/c8-3-1-10-2-4(9)5(3)6(11)7(12)13/h1-2,6,11H,(H,12,13). The number of hydrogen-bond donors (Lipinski definition) is 2. The van der Waals surface area contributed by atoms with Gasteiger partial charge in [0.05, 0.1) is 18.0 Å². The highest BCUT2D eigenvalue weighted by Crippen LogP contribution is 2.19. The summed E-state index contributed by atoms with van der Waals surface area (Å²) < 4.78 is 25.5. The van der Waals surface area contributed by atoms with Gasteiger partial charge in [0.25, 0.3) is 0 Å². The Balaban J connectivity index is 3.20. The maximum absolute atomic E-state index is 12.7. The summed E-state index contributed by atoms with van der Waals surface area (Å²) in [5.41, 5.74) is -0.900. The number of aliphatic carboxylic acids is 1. The Morgan fingerprint density at radius 2 is 1.85 bits per heavy atom. The van der Waals surface area contributed by atoms with Gasteiger partial charge < -0.3 is 10.2 Å². The van der Waals surface area contributed by atoms with Crippen LogP contribution in [0.15, 0.2) is 12.4 Å². The van der Waals surface area contributed by atoms with E-state index in [1.165, 1.54) is 0 Å². The molecule has 1 heterocycles. The van der Waals surface area contributed by atoms with Gasteiger partial charge in [-0.25, -0.2) is 13.6 Å². The Morgan fingerprint density at radius 3 is 2.23 bits per heavy atom. The number of carboxylic acid groups (broad SMARTS) is 1. The zero-order valence-electron chi connectivity index (χ0n) is 6.24. The van der Waals surface area contributed by atoms with Crippen LogP contribution in [-0.4, -0.2) is 21.2 Å². The molecule has 0 saturated heterocycles. The molecule has 1 aromatic heterocycles. The van der Waals surface area contributed by atoms with Gasteiger partial charge in [0.15, 0.2) is 17.7 Å². The van der Waals surface area contributed by atoms with Crippen LogP contribution >= 0.6 is 0 Å². The largest absolute Gasteiger partial charge is 0.479 e. The van der Waals surface area contributed by atoms with Gasteiger partial charge in [0.1, 0.15) is 0 Å². The topological polar surface area (TPSA) is 70.4 Å². The summed E-state index contributed by atoms with van der Waals surface area (Å²) in [4.78, 5) is 13.3. The summed E-state index contributed by atoms with van der Waals surface area (Å²) in [7, 11) is 0. The van der Waals surface area contributed by atoms with Gasteiger partial charge in [0.2, 0.25) is 0 Å². The summed E-state index contributed by atoms with van der Waals surface area (Å²) in [6.07, 6.45) is -0.946. The highest BCUT2D eigenvalue weighted by Gasteiger charge is 2.24.